The van der Waals surface area contributed by atoms with Crippen LogP contribution in [0.2, 0.25) is 0 Å². The summed E-state index contributed by atoms with van der Waals surface area (Å²) in [6.07, 6.45) is 8.47. The highest BCUT2D eigenvalue weighted by molar-refractivity contribution is 7.91. The van der Waals surface area contributed by atoms with Crippen LogP contribution < -0.4 is 11.1 Å². The Morgan fingerprint density at radius 3 is 2.10 bits per heavy atom. The van der Waals surface area contributed by atoms with Gasteiger partial charge in [0.1, 0.15) is 5.82 Å². The van der Waals surface area contributed by atoms with Crippen molar-refractivity contribution in [3.63, 3.8) is 0 Å². The maximum atomic E-state index is 12.4. The van der Waals surface area contributed by atoms with Gasteiger partial charge in [0, 0.05) is 36.6 Å². The van der Waals surface area contributed by atoms with E-state index in [9.17, 15) is 22.4 Å². The fourth-order valence-electron chi connectivity index (χ4n) is 3.72. The highest BCUT2D eigenvalue weighted by Gasteiger charge is 2.25. The van der Waals surface area contributed by atoms with Gasteiger partial charge in [-0.25, -0.2) is 12.8 Å². The molecule has 2 fully saturated rings. The van der Waals surface area contributed by atoms with Crippen molar-refractivity contribution in [2.24, 2.45) is 5.73 Å². The van der Waals surface area contributed by atoms with E-state index in [0.717, 1.165) is 24.4 Å². The summed E-state index contributed by atoms with van der Waals surface area (Å²) in [5.41, 5.74) is 8.28. The minimum Gasteiger partial charge on any atom is -0.343 e. The van der Waals surface area contributed by atoms with Gasteiger partial charge < -0.3 is 16.0 Å². The number of benzene rings is 2. The molecule has 1 aliphatic carbocycles. The van der Waals surface area contributed by atoms with E-state index < -0.39 is 9.84 Å². The summed E-state index contributed by atoms with van der Waals surface area (Å²) in [7, 11) is -3.04. The number of rotatable bonds is 6. The lowest BCUT2D eigenvalue weighted by Crippen LogP contribution is -2.47. The predicted octanol–water partition coefficient (Wildman–Crippen LogP) is 4.21. The van der Waals surface area contributed by atoms with E-state index in [1.54, 1.807) is 42.9 Å². The summed E-state index contributed by atoms with van der Waals surface area (Å²) < 4.78 is 35.1. The van der Waals surface area contributed by atoms with Gasteiger partial charge in [-0.05, 0) is 61.6 Å². The SMILES string of the molecule is CC.CCCN.Fc1ccc(C2CC2)cc1.O=C(NCC(=O)N1CCS(=O)(=O)CC1)c1ccc(-c2cnccn2)cc1. The van der Waals surface area contributed by atoms with Crippen LogP contribution in [0.25, 0.3) is 11.3 Å². The van der Waals surface area contributed by atoms with Crippen LogP contribution >= 0.6 is 0 Å². The van der Waals surface area contributed by atoms with Crippen LogP contribution in [0.1, 0.15) is 61.9 Å². The van der Waals surface area contributed by atoms with E-state index in [1.807, 2.05) is 26.0 Å². The molecule has 2 amide bonds. The number of nitrogens with two attached hydrogens (primary N) is 1. The number of nitrogens with zero attached hydrogens (tertiary/aromatic N) is 3. The second-order valence-corrected chi connectivity index (χ2v) is 11.8. The smallest absolute Gasteiger partial charge is 0.251 e. The molecule has 1 saturated carbocycles. The normalized spacial score (nSPS) is 14.9. The monoisotopic (exact) mass is 599 g/mol. The van der Waals surface area contributed by atoms with Crippen molar-refractivity contribution in [2.75, 3.05) is 37.7 Å². The molecular formula is C31H42FN5O4S. The quantitative estimate of drug-likeness (QED) is 0.433. The lowest BCUT2D eigenvalue weighted by Gasteiger charge is -2.26. The second-order valence-electron chi connectivity index (χ2n) is 9.50. The minimum atomic E-state index is -3.04. The Kier molecular flexibility index (Phi) is 14.8. The van der Waals surface area contributed by atoms with Crippen molar-refractivity contribution < 1.29 is 22.4 Å². The van der Waals surface area contributed by atoms with Crippen molar-refractivity contribution in [1.29, 1.82) is 0 Å². The Morgan fingerprint density at radius 1 is 1.00 bits per heavy atom. The van der Waals surface area contributed by atoms with Crippen LogP contribution in [0.3, 0.4) is 0 Å². The molecule has 0 radical (unpaired) electrons. The molecule has 11 heteroatoms. The summed E-state index contributed by atoms with van der Waals surface area (Å²) in [5, 5.41) is 2.57. The number of carbonyl (C=O) groups is 2. The molecule has 0 spiro atoms. The molecule has 228 valence electrons. The molecule has 1 aliphatic heterocycles. The number of carbonyl (C=O) groups excluding carboxylic acids is 2. The van der Waals surface area contributed by atoms with E-state index >= 15 is 0 Å². The Labute approximate surface area is 248 Å². The molecule has 2 heterocycles. The number of nitrogens with one attached hydrogen (secondary N) is 1. The average molecular weight is 600 g/mol. The number of sulfone groups is 1. The average Bonchev–Trinajstić information content (AvgIpc) is 3.88. The van der Waals surface area contributed by atoms with Gasteiger partial charge in [0.05, 0.1) is 29.9 Å². The molecule has 5 rings (SSSR count). The van der Waals surface area contributed by atoms with Crippen molar-refractivity contribution >= 4 is 21.7 Å². The molecule has 3 N–H and O–H groups in total. The molecule has 0 atom stereocenters. The van der Waals surface area contributed by atoms with Crippen LogP contribution in [0.4, 0.5) is 4.39 Å². The van der Waals surface area contributed by atoms with Crippen LogP contribution in [0.5, 0.6) is 0 Å². The van der Waals surface area contributed by atoms with Crippen LogP contribution in [-0.4, -0.2) is 72.8 Å². The van der Waals surface area contributed by atoms with Crippen LogP contribution in [-0.2, 0) is 14.6 Å². The fourth-order valence-corrected chi connectivity index (χ4v) is 4.92. The molecule has 1 aromatic heterocycles. The third-order valence-electron chi connectivity index (χ3n) is 6.31. The van der Waals surface area contributed by atoms with Gasteiger partial charge in [0.15, 0.2) is 9.84 Å². The van der Waals surface area contributed by atoms with Gasteiger partial charge in [-0.1, -0.05) is 45.0 Å². The van der Waals surface area contributed by atoms with Gasteiger partial charge in [0.25, 0.3) is 5.91 Å². The zero-order chi connectivity index (χ0) is 31.0. The first kappa shape index (κ1) is 34.5. The standard InChI is InChI=1S/C17H18N4O4S.C9H9F.C3H9N.C2H6/c22-16(21-7-9-26(24,25)10-8-21)12-20-17(23)14-3-1-13(2-4-14)15-11-18-5-6-19-15;10-9-5-3-8(4-6-9)7-1-2-7;1-2-3-4;1-2/h1-6,11H,7-10,12H2,(H,20,23);3-7H,1-2H2;2-4H2,1H3;1-2H3. The van der Waals surface area contributed by atoms with Gasteiger partial charge in [-0.2, -0.15) is 0 Å². The van der Waals surface area contributed by atoms with E-state index in [2.05, 4.69) is 22.2 Å². The number of aromatic nitrogens is 2. The van der Waals surface area contributed by atoms with E-state index in [4.69, 9.17) is 5.73 Å². The zero-order valence-corrected chi connectivity index (χ0v) is 25.4. The Bertz CT molecular complexity index is 1320. The van der Waals surface area contributed by atoms with Crippen molar-refractivity contribution in [1.82, 2.24) is 20.2 Å². The topological polar surface area (TPSA) is 135 Å². The lowest BCUT2D eigenvalue weighted by molar-refractivity contribution is -0.129. The number of hydrogen-bond donors (Lipinski definition) is 2. The maximum absolute atomic E-state index is 12.4. The summed E-state index contributed by atoms with van der Waals surface area (Å²) in [4.78, 5) is 33.9. The largest absolute Gasteiger partial charge is 0.343 e. The Hall–Kier alpha value is -3.70. The first-order valence-corrected chi connectivity index (χ1v) is 16.1. The van der Waals surface area contributed by atoms with Gasteiger partial charge in [-0.3, -0.25) is 19.6 Å². The Balaban J connectivity index is 0.000000315. The second kappa shape index (κ2) is 18.0. The molecule has 9 nitrogen and oxygen atoms in total. The van der Waals surface area contributed by atoms with Crippen molar-refractivity contribution in [3.05, 3.63) is 84.1 Å². The predicted molar refractivity (Wildman–Crippen MR) is 164 cm³/mol. The van der Waals surface area contributed by atoms with E-state index in [1.165, 1.54) is 35.4 Å². The molecule has 3 aromatic rings. The van der Waals surface area contributed by atoms with Crippen molar-refractivity contribution in [3.8, 4) is 11.3 Å². The fraction of sp³-hybridized carbons (Fsp3) is 0.419. The third kappa shape index (κ3) is 12.0. The van der Waals surface area contributed by atoms with Gasteiger partial charge in [0.2, 0.25) is 5.91 Å². The Morgan fingerprint density at radius 2 is 1.60 bits per heavy atom. The maximum Gasteiger partial charge on any atom is 0.251 e. The molecule has 1 saturated heterocycles. The van der Waals surface area contributed by atoms with Crippen LogP contribution in [0.15, 0.2) is 67.1 Å². The summed E-state index contributed by atoms with van der Waals surface area (Å²) in [6, 6.07) is 13.7. The molecule has 2 aliphatic rings. The van der Waals surface area contributed by atoms with Gasteiger partial charge in [-0.15, -0.1) is 0 Å². The first-order chi connectivity index (χ1) is 20.2. The van der Waals surface area contributed by atoms with E-state index in [0.29, 0.717) is 11.3 Å². The number of amides is 2. The number of hydrogen-bond acceptors (Lipinski definition) is 7. The summed E-state index contributed by atoms with van der Waals surface area (Å²) in [6.45, 7) is 7.05. The number of halogens is 1. The highest BCUT2D eigenvalue weighted by atomic mass is 32.2. The molecule has 42 heavy (non-hydrogen) atoms. The molecule has 2 aromatic carbocycles. The summed E-state index contributed by atoms with van der Waals surface area (Å²) >= 11 is 0. The zero-order valence-electron chi connectivity index (χ0n) is 24.6. The minimum absolute atomic E-state index is 0.0312. The third-order valence-corrected chi connectivity index (χ3v) is 7.92. The highest BCUT2D eigenvalue weighted by Crippen LogP contribution is 2.39. The first-order valence-electron chi connectivity index (χ1n) is 14.3. The lowest BCUT2D eigenvalue weighted by atomic mass is 10.1. The summed E-state index contributed by atoms with van der Waals surface area (Å²) in [5.74, 6) is -0.115. The molecular weight excluding hydrogens is 557 g/mol. The van der Waals surface area contributed by atoms with E-state index in [-0.39, 0.29) is 48.8 Å². The van der Waals surface area contributed by atoms with Gasteiger partial charge >= 0.3 is 0 Å². The molecule has 0 bridgehead atoms. The molecule has 0 unspecified atom stereocenters. The van der Waals surface area contributed by atoms with Crippen LogP contribution in [0, 0.1) is 5.82 Å². The van der Waals surface area contributed by atoms with Crippen molar-refractivity contribution in [2.45, 2.75) is 46.0 Å².